The second kappa shape index (κ2) is 5.64. The van der Waals surface area contributed by atoms with Crippen LogP contribution in [-0.4, -0.2) is 32.8 Å². The molecule has 1 N–H and O–H groups in total. The maximum atomic E-state index is 13.3. The van der Waals surface area contributed by atoms with Crippen LogP contribution < -0.4 is 4.74 Å². The average molecular weight is 319 g/mol. The molecule has 0 aliphatic heterocycles. The van der Waals surface area contributed by atoms with Crippen molar-refractivity contribution in [2.24, 2.45) is 0 Å². The Morgan fingerprint density at radius 1 is 1.30 bits per heavy atom. The van der Waals surface area contributed by atoms with Crippen molar-refractivity contribution in [2.45, 2.75) is 6.43 Å². The van der Waals surface area contributed by atoms with Gasteiger partial charge in [0.1, 0.15) is 17.0 Å². The molecule has 0 atom stereocenters. The van der Waals surface area contributed by atoms with Gasteiger partial charge in [-0.15, -0.1) is 0 Å². The van der Waals surface area contributed by atoms with Crippen LogP contribution in [0.2, 0.25) is 0 Å². The van der Waals surface area contributed by atoms with Crippen LogP contribution in [0.15, 0.2) is 36.5 Å². The van der Waals surface area contributed by atoms with Crippen LogP contribution in [0.3, 0.4) is 0 Å². The summed E-state index contributed by atoms with van der Waals surface area (Å²) >= 11 is 0. The molecule has 0 aliphatic rings. The molecule has 0 spiro atoms. The van der Waals surface area contributed by atoms with Gasteiger partial charge in [-0.3, -0.25) is 0 Å². The summed E-state index contributed by atoms with van der Waals surface area (Å²) in [7, 11) is 1.51. The quantitative estimate of drug-likeness (QED) is 0.800. The van der Waals surface area contributed by atoms with E-state index in [-0.39, 0.29) is 16.9 Å². The molecule has 0 saturated carbocycles. The molecule has 0 unspecified atom stereocenters. The molecule has 3 aromatic rings. The van der Waals surface area contributed by atoms with Crippen LogP contribution >= 0.6 is 0 Å². The highest BCUT2D eigenvalue weighted by atomic mass is 19.3. The first kappa shape index (κ1) is 14.9. The Morgan fingerprint density at radius 3 is 2.57 bits per heavy atom. The van der Waals surface area contributed by atoms with Gasteiger partial charge in [0, 0.05) is 5.56 Å². The Hall–Kier alpha value is -3.03. The molecule has 0 aliphatic carbocycles. The van der Waals surface area contributed by atoms with Crippen LogP contribution in [0.1, 0.15) is 22.5 Å². The third-order valence-electron chi connectivity index (χ3n) is 3.34. The van der Waals surface area contributed by atoms with Crippen molar-refractivity contribution in [2.75, 3.05) is 7.11 Å². The van der Waals surface area contributed by atoms with Gasteiger partial charge in [0.2, 0.25) is 0 Å². The minimum absolute atomic E-state index is 0.124. The number of carboxylic acids is 1. The van der Waals surface area contributed by atoms with E-state index in [1.54, 1.807) is 24.3 Å². The molecule has 118 valence electrons. The van der Waals surface area contributed by atoms with Gasteiger partial charge in [-0.25, -0.2) is 23.1 Å². The summed E-state index contributed by atoms with van der Waals surface area (Å²) in [5, 5.41) is 12.8. The molecule has 3 rings (SSSR count). The third-order valence-corrected chi connectivity index (χ3v) is 3.34. The molecule has 8 heteroatoms. The lowest BCUT2D eigenvalue weighted by Crippen LogP contribution is -2.04. The van der Waals surface area contributed by atoms with Crippen LogP contribution in [0.4, 0.5) is 8.78 Å². The van der Waals surface area contributed by atoms with Gasteiger partial charge < -0.3 is 9.84 Å². The predicted molar refractivity (Wildman–Crippen MR) is 76.9 cm³/mol. The topological polar surface area (TPSA) is 76.7 Å². The number of methoxy groups -OCH3 is 1. The first-order valence-corrected chi connectivity index (χ1v) is 6.56. The van der Waals surface area contributed by atoms with Gasteiger partial charge in [-0.1, -0.05) is 0 Å². The number of aromatic nitrogens is 3. The van der Waals surface area contributed by atoms with Crippen molar-refractivity contribution < 1.29 is 23.4 Å². The SMILES string of the molecule is COc1ccc(-c2cc(C(F)F)n3ncc(C(=O)O)c3n2)cc1. The standard InChI is InChI=1S/C15H11F2N3O3/c1-23-9-4-2-8(3-5-9)11-6-12(13(16)17)20-14(19-11)10(7-18-20)15(21)22/h2-7,13H,1H3,(H,21,22). The first-order valence-electron chi connectivity index (χ1n) is 6.56. The Morgan fingerprint density at radius 2 is 2.00 bits per heavy atom. The molecular formula is C15H11F2N3O3. The zero-order chi connectivity index (χ0) is 16.6. The van der Waals surface area contributed by atoms with E-state index in [4.69, 9.17) is 9.84 Å². The van der Waals surface area contributed by atoms with Gasteiger partial charge in [-0.2, -0.15) is 5.10 Å². The van der Waals surface area contributed by atoms with Gasteiger partial charge >= 0.3 is 5.97 Å². The van der Waals surface area contributed by atoms with Crippen molar-refractivity contribution in [1.29, 1.82) is 0 Å². The van der Waals surface area contributed by atoms with E-state index in [2.05, 4.69) is 10.1 Å². The minimum atomic E-state index is -2.82. The zero-order valence-electron chi connectivity index (χ0n) is 11.9. The van der Waals surface area contributed by atoms with Gasteiger partial charge in [0.15, 0.2) is 5.65 Å². The van der Waals surface area contributed by atoms with Crippen molar-refractivity contribution in [1.82, 2.24) is 14.6 Å². The Balaban J connectivity index is 2.23. The number of hydrogen-bond acceptors (Lipinski definition) is 4. The van der Waals surface area contributed by atoms with Gasteiger partial charge in [0.25, 0.3) is 6.43 Å². The summed E-state index contributed by atoms with van der Waals surface area (Å²) in [6.45, 7) is 0. The van der Waals surface area contributed by atoms with E-state index < -0.39 is 18.1 Å². The predicted octanol–water partition coefficient (Wildman–Crippen LogP) is 3.04. The Labute approximate surface area is 129 Å². The number of carboxylic acid groups (broad SMARTS) is 1. The number of alkyl halides is 2. The fourth-order valence-electron chi connectivity index (χ4n) is 2.20. The van der Waals surface area contributed by atoms with Gasteiger partial charge in [0.05, 0.1) is 19.0 Å². The monoisotopic (exact) mass is 319 g/mol. The van der Waals surface area contributed by atoms with Gasteiger partial charge in [-0.05, 0) is 30.3 Å². The van der Waals surface area contributed by atoms with Crippen molar-refractivity contribution >= 4 is 11.6 Å². The fraction of sp³-hybridized carbons (Fsp3) is 0.133. The van der Waals surface area contributed by atoms with Crippen LogP contribution in [-0.2, 0) is 0 Å². The van der Waals surface area contributed by atoms with Crippen molar-refractivity contribution in [3.05, 3.63) is 47.8 Å². The summed E-state index contributed by atoms with van der Waals surface area (Å²) < 4.78 is 32.4. The molecule has 0 fully saturated rings. The number of aromatic carboxylic acids is 1. The third kappa shape index (κ3) is 2.59. The highest BCUT2D eigenvalue weighted by Crippen LogP contribution is 2.27. The molecule has 0 saturated heterocycles. The molecule has 2 heterocycles. The normalized spacial score (nSPS) is 11.1. The number of benzene rings is 1. The smallest absolute Gasteiger partial charge is 0.341 e. The lowest BCUT2D eigenvalue weighted by molar-refractivity contribution is 0.0698. The summed E-state index contributed by atoms with van der Waals surface area (Å²) in [4.78, 5) is 15.4. The Kier molecular flexibility index (Phi) is 3.65. The maximum Gasteiger partial charge on any atom is 0.341 e. The summed E-state index contributed by atoms with van der Waals surface area (Å²) in [6, 6.07) is 7.83. The van der Waals surface area contributed by atoms with E-state index in [1.807, 2.05) is 0 Å². The highest BCUT2D eigenvalue weighted by molar-refractivity contribution is 5.94. The molecule has 23 heavy (non-hydrogen) atoms. The number of ether oxygens (including phenoxy) is 1. The second-order valence-electron chi connectivity index (χ2n) is 4.69. The molecule has 2 aromatic heterocycles. The average Bonchev–Trinajstić information content (AvgIpc) is 2.98. The van der Waals surface area contributed by atoms with Crippen molar-refractivity contribution in [3.63, 3.8) is 0 Å². The molecule has 1 aromatic carbocycles. The lowest BCUT2D eigenvalue weighted by atomic mass is 10.1. The van der Waals surface area contributed by atoms with Crippen LogP contribution in [0, 0.1) is 0 Å². The number of hydrogen-bond donors (Lipinski definition) is 1. The van der Waals surface area contributed by atoms with Crippen LogP contribution in [0.5, 0.6) is 5.75 Å². The maximum absolute atomic E-state index is 13.3. The molecule has 0 amide bonds. The molecule has 6 nitrogen and oxygen atoms in total. The zero-order valence-corrected chi connectivity index (χ0v) is 11.9. The van der Waals surface area contributed by atoms with Crippen LogP contribution in [0.25, 0.3) is 16.9 Å². The second-order valence-corrected chi connectivity index (χ2v) is 4.69. The molecule has 0 bridgehead atoms. The summed E-state index contributed by atoms with van der Waals surface area (Å²) in [5.41, 5.74) is 0.0166. The lowest BCUT2D eigenvalue weighted by Gasteiger charge is -2.08. The molecular weight excluding hydrogens is 308 g/mol. The first-order chi connectivity index (χ1) is 11.0. The molecule has 0 radical (unpaired) electrons. The summed E-state index contributed by atoms with van der Waals surface area (Å²) in [6.07, 6.45) is -1.81. The minimum Gasteiger partial charge on any atom is -0.497 e. The van der Waals surface area contributed by atoms with E-state index in [1.165, 1.54) is 13.2 Å². The van der Waals surface area contributed by atoms with E-state index in [9.17, 15) is 13.6 Å². The summed E-state index contributed by atoms with van der Waals surface area (Å²) in [5.74, 6) is -0.668. The largest absolute Gasteiger partial charge is 0.497 e. The number of nitrogens with zero attached hydrogens (tertiary/aromatic N) is 3. The number of rotatable bonds is 4. The van der Waals surface area contributed by atoms with E-state index >= 15 is 0 Å². The fourth-order valence-corrected chi connectivity index (χ4v) is 2.20. The highest BCUT2D eigenvalue weighted by Gasteiger charge is 2.21. The number of halogens is 2. The Bertz CT molecular complexity index is 876. The van der Waals surface area contributed by atoms with E-state index in [0.29, 0.717) is 11.3 Å². The van der Waals surface area contributed by atoms with Crippen molar-refractivity contribution in [3.8, 4) is 17.0 Å². The number of carbonyl (C=O) groups is 1. The number of fused-ring (bicyclic) bond motifs is 1. The van der Waals surface area contributed by atoms with E-state index in [0.717, 1.165) is 10.7 Å².